The Balaban J connectivity index is 2.28. The lowest BCUT2D eigenvalue weighted by Crippen LogP contribution is -2.07. The Morgan fingerprint density at radius 1 is 1.10 bits per heavy atom. The number of nitrogens with zero attached hydrogens (tertiary/aromatic N) is 5. The molecule has 0 fully saturated rings. The van der Waals surface area contributed by atoms with E-state index in [1.54, 1.807) is 6.07 Å². The van der Waals surface area contributed by atoms with Crippen molar-refractivity contribution >= 4 is 34.8 Å². The fourth-order valence-corrected chi connectivity index (χ4v) is 3.73. The third kappa shape index (κ3) is 3.72. The van der Waals surface area contributed by atoms with E-state index >= 15 is 0 Å². The van der Waals surface area contributed by atoms with Crippen molar-refractivity contribution in [2.45, 2.75) is 25.9 Å². The van der Waals surface area contributed by atoms with Crippen LogP contribution in [0.1, 0.15) is 42.4 Å². The van der Waals surface area contributed by atoms with Crippen molar-refractivity contribution in [3.63, 3.8) is 0 Å². The van der Waals surface area contributed by atoms with Crippen molar-refractivity contribution in [1.29, 1.82) is 10.5 Å². The van der Waals surface area contributed by atoms with Gasteiger partial charge in [-0.3, -0.25) is 0 Å². The number of rotatable bonds is 3. The largest absolute Gasteiger partial charge is 0.416 e. The number of alkyl halides is 3. The molecule has 0 amide bonds. The highest BCUT2D eigenvalue weighted by Gasteiger charge is 2.33. The summed E-state index contributed by atoms with van der Waals surface area (Å²) >= 11 is 18.7. The van der Waals surface area contributed by atoms with Crippen LogP contribution in [0.15, 0.2) is 12.1 Å². The molecule has 12 heteroatoms. The Morgan fingerprint density at radius 2 is 1.70 bits per heavy atom. The van der Waals surface area contributed by atoms with E-state index in [-0.39, 0.29) is 49.6 Å². The molecule has 154 valence electrons. The zero-order valence-electron chi connectivity index (χ0n) is 15.2. The number of H-pyrrole nitrogens is 1. The molecule has 0 spiro atoms. The first-order chi connectivity index (χ1) is 14.0. The summed E-state index contributed by atoms with van der Waals surface area (Å²) in [5.74, 6) is -0.0888. The smallest absolute Gasteiger partial charge is 0.328 e. The van der Waals surface area contributed by atoms with Crippen LogP contribution in [0.25, 0.3) is 17.1 Å². The van der Waals surface area contributed by atoms with Gasteiger partial charge in [0.25, 0.3) is 0 Å². The van der Waals surface area contributed by atoms with Crippen molar-refractivity contribution in [2.75, 3.05) is 0 Å². The highest BCUT2D eigenvalue weighted by atomic mass is 35.5. The third-order valence-electron chi connectivity index (χ3n) is 4.12. The summed E-state index contributed by atoms with van der Waals surface area (Å²) in [4.78, 5) is 6.79. The van der Waals surface area contributed by atoms with Gasteiger partial charge in [-0.25, -0.2) is 9.67 Å². The number of imidazole rings is 1. The van der Waals surface area contributed by atoms with Gasteiger partial charge in [0.1, 0.15) is 28.8 Å². The maximum Gasteiger partial charge on any atom is 0.416 e. The molecule has 0 aliphatic heterocycles. The number of aromatic nitrogens is 4. The number of hydrogen-bond acceptors (Lipinski definition) is 4. The molecule has 0 aliphatic rings. The van der Waals surface area contributed by atoms with Gasteiger partial charge in [0, 0.05) is 0 Å². The van der Waals surface area contributed by atoms with Crippen LogP contribution in [0.4, 0.5) is 13.2 Å². The molecule has 0 saturated carbocycles. The van der Waals surface area contributed by atoms with Crippen LogP contribution in [-0.4, -0.2) is 19.7 Å². The first-order valence-corrected chi connectivity index (χ1v) is 9.38. The van der Waals surface area contributed by atoms with Gasteiger partial charge < -0.3 is 4.98 Å². The van der Waals surface area contributed by atoms with E-state index in [9.17, 15) is 13.2 Å². The lowest BCUT2D eigenvalue weighted by molar-refractivity contribution is -0.137. The van der Waals surface area contributed by atoms with Crippen molar-refractivity contribution in [3.8, 4) is 29.2 Å². The average molecular weight is 474 g/mol. The maximum absolute atomic E-state index is 13.0. The molecular weight excluding hydrogens is 464 g/mol. The summed E-state index contributed by atoms with van der Waals surface area (Å²) in [5.41, 5.74) is -0.561. The molecule has 1 aromatic carbocycles. The summed E-state index contributed by atoms with van der Waals surface area (Å²) in [6, 6.07) is 5.07. The molecule has 1 N–H and O–H groups in total. The van der Waals surface area contributed by atoms with Crippen LogP contribution in [-0.2, 0) is 6.18 Å². The molecule has 0 atom stereocenters. The maximum atomic E-state index is 13.0. The van der Waals surface area contributed by atoms with Crippen LogP contribution in [0.3, 0.4) is 0 Å². The quantitative estimate of drug-likeness (QED) is 0.497. The molecular formula is C18H10Cl3F3N6. The first-order valence-electron chi connectivity index (χ1n) is 8.25. The van der Waals surface area contributed by atoms with Gasteiger partial charge >= 0.3 is 6.18 Å². The van der Waals surface area contributed by atoms with Gasteiger partial charge in [-0.05, 0) is 18.1 Å². The summed E-state index contributed by atoms with van der Waals surface area (Å²) in [5, 5.41) is 22.0. The molecule has 3 rings (SSSR count). The molecule has 0 unspecified atom stereocenters. The van der Waals surface area contributed by atoms with E-state index < -0.39 is 11.7 Å². The Kier molecular flexibility index (Phi) is 5.74. The highest BCUT2D eigenvalue weighted by Crippen LogP contribution is 2.41. The predicted octanol–water partition coefficient (Wildman–Crippen LogP) is 6.11. The number of halogens is 6. The molecule has 2 aromatic heterocycles. The fourth-order valence-electron chi connectivity index (χ4n) is 2.77. The van der Waals surface area contributed by atoms with Gasteiger partial charge in [0.05, 0.1) is 26.9 Å². The number of benzene rings is 1. The summed E-state index contributed by atoms with van der Waals surface area (Å²) in [6.45, 7) is 3.61. The minimum atomic E-state index is -4.64. The van der Waals surface area contributed by atoms with Crippen LogP contribution < -0.4 is 0 Å². The van der Waals surface area contributed by atoms with E-state index in [0.29, 0.717) is 5.69 Å². The highest BCUT2D eigenvalue weighted by molar-refractivity contribution is 6.38. The number of nitriles is 2. The Hall–Kier alpha value is -2.72. The van der Waals surface area contributed by atoms with Gasteiger partial charge in [0.2, 0.25) is 0 Å². The lowest BCUT2D eigenvalue weighted by Gasteiger charge is -2.13. The van der Waals surface area contributed by atoms with E-state index in [4.69, 9.17) is 45.3 Å². The number of hydrogen-bond donors (Lipinski definition) is 1. The van der Waals surface area contributed by atoms with E-state index in [2.05, 4.69) is 15.1 Å². The standard InChI is InChI=1S/C18H10Cl3F3N6/c1-7(2)14-13(17-27-11(5-25)12(6-26)28-17)16(21)30(29-14)15-9(19)3-8(4-10(15)20)18(22,23)24/h3-4,7H,1-2H3,(H,27,28). The monoisotopic (exact) mass is 472 g/mol. The van der Waals surface area contributed by atoms with Crippen LogP contribution >= 0.6 is 34.8 Å². The molecule has 0 aliphatic carbocycles. The van der Waals surface area contributed by atoms with Crippen molar-refractivity contribution in [3.05, 3.63) is 50.0 Å². The van der Waals surface area contributed by atoms with Gasteiger partial charge in [0.15, 0.2) is 11.4 Å². The average Bonchev–Trinajstić information content (AvgIpc) is 3.21. The zero-order valence-corrected chi connectivity index (χ0v) is 17.5. The third-order valence-corrected chi connectivity index (χ3v) is 5.04. The van der Waals surface area contributed by atoms with E-state index in [1.165, 1.54) is 0 Å². The summed E-state index contributed by atoms with van der Waals surface area (Å²) in [7, 11) is 0. The van der Waals surface area contributed by atoms with E-state index in [0.717, 1.165) is 16.8 Å². The SMILES string of the molecule is CC(C)c1nn(-c2c(Cl)cc(C(F)(F)F)cc2Cl)c(Cl)c1-c1nc(C#N)c(C#N)[nH]1. The van der Waals surface area contributed by atoms with E-state index in [1.807, 2.05) is 19.9 Å². The second-order valence-electron chi connectivity index (χ2n) is 6.44. The Labute approximate surface area is 183 Å². The summed E-state index contributed by atoms with van der Waals surface area (Å²) < 4.78 is 40.2. The first kappa shape index (κ1) is 22.0. The van der Waals surface area contributed by atoms with Crippen LogP contribution in [0, 0.1) is 22.7 Å². The van der Waals surface area contributed by atoms with Gasteiger partial charge in [-0.15, -0.1) is 0 Å². The topological polar surface area (TPSA) is 94.1 Å². The fraction of sp³-hybridized carbons (Fsp3) is 0.222. The molecule has 30 heavy (non-hydrogen) atoms. The van der Waals surface area contributed by atoms with Crippen LogP contribution in [0.5, 0.6) is 0 Å². The van der Waals surface area contributed by atoms with Crippen molar-refractivity contribution < 1.29 is 13.2 Å². The Bertz CT molecular complexity index is 1170. The number of aromatic amines is 1. The van der Waals surface area contributed by atoms with Gasteiger partial charge in [-0.2, -0.15) is 28.8 Å². The van der Waals surface area contributed by atoms with Crippen LogP contribution in [0.2, 0.25) is 15.2 Å². The molecule has 0 bridgehead atoms. The zero-order chi connectivity index (χ0) is 22.4. The minimum Gasteiger partial charge on any atom is -0.328 e. The molecule has 6 nitrogen and oxygen atoms in total. The number of nitrogens with one attached hydrogen (secondary N) is 1. The van der Waals surface area contributed by atoms with Crippen molar-refractivity contribution in [1.82, 2.24) is 19.7 Å². The normalized spacial score (nSPS) is 11.6. The minimum absolute atomic E-state index is 0.0444. The predicted molar refractivity (Wildman–Crippen MR) is 105 cm³/mol. The van der Waals surface area contributed by atoms with Crippen molar-refractivity contribution in [2.24, 2.45) is 0 Å². The molecule has 2 heterocycles. The molecule has 3 aromatic rings. The second-order valence-corrected chi connectivity index (χ2v) is 7.61. The Morgan fingerprint density at radius 3 is 2.13 bits per heavy atom. The lowest BCUT2D eigenvalue weighted by atomic mass is 10.1. The summed E-state index contributed by atoms with van der Waals surface area (Å²) in [6.07, 6.45) is -4.64. The second kappa shape index (κ2) is 7.84. The van der Waals surface area contributed by atoms with Gasteiger partial charge in [-0.1, -0.05) is 48.7 Å². The molecule has 0 radical (unpaired) electrons. The molecule has 0 saturated heterocycles.